The normalized spacial score (nSPS) is 15.2. The van der Waals surface area contributed by atoms with Crippen LogP contribution in [0, 0.1) is 6.92 Å². The van der Waals surface area contributed by atoms with Gasteiger partial charge in [-0.3, -0.25) is 4.79 Å². The molecule has 1 aromatic heterocycles. The average Bonchev–Trinajstić information content (AvgIpc) is 3.14. The highest BCUT2D eigenvalue weighted by atomic mass is 32.1. The molecule has 1 aliphatic rings. The van der Waals surface area contributed by atoms with E-state index < -0.39 is 0 Å². The second kappa shape index (κ2) is 8.09. The molecule has 0 radical (unpaired) electrons. The van der Waals surface area contributed by atoms with Crippen molar-refractivity contribution in [3.63, 3.8) is 0 Å². The highest BCUT2D eigenvalue weighted by molar-refractivity contribution is 7.18. The summed E-state index contributed by atoms with van der Waals surface area (Å²) in [6, 6.07) is 16.2. The van der Waals surface area contributed by atoms with Crippen molar-refractivity contribution in [2.75, 3.05) is 19.7 Å². The number of carbonyl (C=O) groups is 1. The summed E-state index contributed by atoms with van der Waals surface area (Å²) in [5.74, 6) is 1.51. The number of nitrogens with zero attached hydrogens (tertiary/aromatic N) is 2. The number of piperidine rings is 1. The number of hydrogen-bond acceptors (Lipinski definition) is 4. The largest absolute Gasteiger partial charge is 0.493 e. The van der Waals surface area contributed by atoms with Crippen LogP contribution >= 0.6 is 11.3 Å². The van der Waals surface area contributed by atoms with Crippen LogP contribution in [0.5, 0.6) is 5.75 Å². The van der Waals surface area contributed by atoms with Crippen LogP contribution in [0.15, 0.2) is 48.5 Å². The van der Waals surface area contributed by atoms with Gasteiger partial charge in [0.25, 0.3) is 0 Å². The molecular formula is C22H24N2O2S. The third kappa shape index (κ3) is 4.14. The molecule has 27 heavy (non-hydrogen) atoms. The van der Waals surface area contributed by atoms with Crippen molar-refractivity contribution in [2.24, 2.45) is 0 Å². The first-order valence-corrected chi connectivity index (χ1v) is 10.3. The number of fused-ring (bicyclic) bond motifs is 1. The zero-order valence-electron chi connectivity index (χ0n) is 15.6. The van der Waals surface area contributed by atoms with Crippen molar-refractivity contribution in [1.29, 1.82) is 0 Å². The minimum atomic E-state index is 0.186. The molecule has 0 atom stereocenters. The number of aryl methyl sites for hydroxylation is 1. The predicted molar refractivity (Wildman–Crippen MR) is 109 cm³/mol. The predicted octanol–water partition coefficient (Wildman–Crippen LogP) is 4.78. The van der Waals surface area contributed by atoms with Crippen LogP contribution in [-0.4, -0.2) is 35.5 Å². The maximum absolute atomic E-state index is 12.5. The zero-order chi connectivity index (χ0) is 18.6. The topological polar surface area (TPSA) is 42.4 Å². The monoisotopic (exact) mass is 380 g/mol. The van der Waals surface area contributed by atoms with E-state index in [0.29, 0.717) is 18.9 Å². The van der Waals surface area contributed by atoms with Crippen LogP contribution in [0.4, 0.5) is 0 Å². The molecule has 3 aromatic rings. The van der Waals surface area contributed by atoms with Gasteiger partial charge in [-0.15, -0.1) is 11.3 Å². The number of para-hydroxylation sites is 2. The van der Waals surface area contributed by atoms with E-state index in [1.165, 1.54) is 9.71 Å². The van der Waals surface area contributed by atoms with E-state index in [1.807, 2.05) is 42.2 Å². The Hall–Kier alpha value is -2.40. The number of likely N-dealkylation sites (tertiary alicyclic amines) is 1. The fourth-order valence-corrected chi connectivity index (χ4v) is 4.70. The quantitative estimate of drug-likeness (QED) is 0.640. The van der Waals surface area contributed by atoms with Gasteiger partial charge in [0.05, 0.1) is 28.3 Å². The Labute approximate surface area is 163 Å². The Morgan fingerprint density at radius 3 is 2.67 bits per heavy atom. The lowest BCUT2D eigenvalue weighted by Crippen LogP contribution is -2.38. The minimum absolute atomic E-state index is 0.186. The first kappa shape index (κ1) is 18.0. The summed E-state index contributed by atoms with van der Waals surface area (Å²) in [5.41, 5.74) is 2.19. The third-order valence-corrected chi connectivity index (χ3v) is 6.37. The fourth-order valence-electron chi connectivity index (χ4n) is 3.57. The van der Waals surface area contributed by atoms with Crippen molar-refractivity contribution in [2.45, 2.75) is 32.1 Å². The Bertz CT molecular complexity index is 896. The van der Waals surface area contributed by atoms with Gasteiger partial charge in [-0.2, -0.15) is 0 Å². The first-order chi connectivity index (χ1) is 13.2. The Morgan fingerprint density at radius 2 is 1.89 bits per heavy atom. The molecule has 4 rings (SSSR count). The Balaban J connectivity index is 1.27. The zero-order valence-corrected chi connectivity index (χ0v) is 16.4. The first-order valence-electron chi connectivity index (χ1n) is 9.52. The van der Waals surface area contributed by atoms with Crippen molar-refractivity contribution in [3.05, 3.63) is 59.1 Å². The second-order valence-electron chi connectivity index (χ2n) is 7.04. The number of thiazole rings is 1. The molecule has 0 N–H and O–H groups in total. The number of benzene rings is 2. The van der Waals surface area contributed by atoms with Crippen molar-refractivity contribution in [3.8, 4) is 5.75 Å². The van der Waals surface area contributed by atoms with Gasteiger partial charge in [0.2, 0.25) is 5.91 Å². The lowest BCUT2D eigenvalue weighted by molar-refractivity contribution is -0.132. The van der Waals surface area contributed by atoms with Crippen molar-refractivity contribution >= 4 is 27.5 Å². The summed E-state index contributed by atoms with van der Waals surface area (Å²) < 4.78 is 7.02. The van der Waals surface area contributed by atoms with Crippen LogP contribution in [0.2, 0.25) is 0 Å². The standard InChI is InChI=1S/C22H24N2O2S/c1-16-6-2-4-8-19(16)26-15-12-21(25)24-13-10-17(11-14-24)22-23-18-7-3-5-9-20(18)27-22/h2-9,17H,10-15H2,1H3. The van der Waals surface area contributed by atoms with Crippen molar-refractivity contribution in [1.82, 2.24) is 9.88 Å². The second-order valence-corrected chi connectivity index (χ2v) is 8.10. The molecule has 0 saturated carbocycles. The van der Waals surface area contributed by atoms with Gasteiger partial charge in [0.1, 0.15) is 5.75 Å². The molecule has 0 unspecified atom stereocenters. The lowest BCUT2D eigenvalue weighted by Gasteiger charge is -2.31. The van der Waals surface area contributed by atoms with Gasteiger partial charge in [-0.05, 0) is 43.5 Å². The summed E-state index contributed by atoms with van der Waals surface area (Å²) >= 11 is 1.79. The molecule has 0 spiro atoms. The van der Waals surface area contributed by atoms with E-state index in [4.69, 9.17) is 9.72 Å². The number of hydrogen-bond donors (Lipinski definition) is 0. The molecule has 1 amide bonds. The van der Waals surface area contributed by atoms with Crippen LogP contribution in [0.25, 0.3) is 10.2 Å². The maximum Gasteiger partial charge on any atom is 0.225 e. The van der Waals surface area contributed by atoms with Gasteiger partial charge >= 0.3 is 0 Å². The lowest BCUT2D eigenvalue weighted by atomic mass is 9.97. The van der Waals surface area contributed by atoms with Gasteiger partial charge < -0.3 is 9.64 Å². The van der Waals surface area contributed by atoms with E-state index in [9.17, 15) is 4.79 Å². The summed E-state index contributed by atoms with van der Waals surface area (Å²) in [6.45, 7) is 4.07. The molecule has 0 aliphatic carbocycles. The van der Waals surface area contributed by atoms with E-state index in [-0.39, 0.29) is 5.91 Å². The molecule has 140 valence electrons. The molecule has 0 bridgehead atoms. The number of ether oxygens (including phenoxy) is 1. The average molecular weight is 381 g/mol. The number of rotatable bonds is 5. The van der Waals surface area contributed by atoms with E-state index >= 15 is 0 Å². The van der Waals surface area contributed by atoms with Crippen LogP contribution < -0.4 is 4.74 Å². The van der Waals surface area contributed by atoms with Crippen LogP contribution in [0.3, 0.4) is 0 Å². The SMILES string of the molecule is Cc1ccccc1OCCC(=O)N1CCC(c2nc3ccccc3s2)CC1. The minimum Gasteiger partial charge on any atom is -0.493 e. The summed E-state index contributed by atoms with van der Waals surface area (Å²) in [7, 11) is 0. The van der Waals surface area contributed by atoms with Gasteiger partial charge in [0.15, 0.2) is 0 Å². The fraction of sp³-hybridized carbons (Fsp3) is 0.364. The van der Waals surface area contributed by atoms with Gasteiger partial charge in [-0.25, -0.2) is 4.98 Å². The van der Waals surface area contributed by atoms with Gasteiger partial charge in [0, 0.05) is 19.0 Å². The Kier molecular flexibility index (Phi) is 5.39. The number of amides is 1. The Morgan fingerprint density at radius 1 is 1.15 bits per heavy atom. The van der Waals surface area contributed by atoms with E-state index in [1.54, 1.807) is 11.3 Å². The van der Waals surface area contributed by atoms with Crippen LogP contribution in [0.1, 0.15) is 35.8 Å². The highest BCUT2D eigenvalue weighted by Gasteiger charge is 2.25. The molecular weight excluding hydrogens is 356 g/mol. The number of aromatic nitrogens is 1. The summed E-state index contributed by atoms with van der Waals surface area (Å²) in [5, 5.41) is 1.21. The third-order valence-electron chi connectivity index (χ3n) is 5.17. The molecule has 1 saturated heterocycles. The summed E-state index contributed by atoms with van der Waals surface area (Å²) in [4.78, 5) is 19.3. The van der Waals surface area contributed by atoms with E-state index in [0.717, 1.165) is 42.8 Å². The molecule has 1 aliphatic heterocycles. The molecule has 2 aromatic carbocycles. The summed E-state index contributed by atoms with van der Waals surface area (Å²) in [6.07, 6.45) is 2.41. The van der Waals surface area contributed by atoms with E-state index in [2.05, 4.69) is 18.2 Å². The van der Waals surface area contributed by atoms with Gasteiger partial charge in [-0.1, -0.05) is 30.3 Å². The highest BCUT2D eigenvalue weighted by Crippen LogP contribution is 2.33. The maximum atomic E-state index is 12.5. The van der Waals surface area contributed by atoms with Crippen LogP contribution in [-0.2, 0) is 4.79 Å². The molecule has 4 nitrogen and oxygen atoms in total. The molecule has 2 heterocycles. The molecule has 5 heteroatoms. The molecule has 1 fully saturated rings. The van der Waals surface area contributed by atoms with Crippen molar-refractivity contribution < 1.29 is 9.53 Å². The smallest absolute Gasteiger partial charge is 0.225 e. The number of carbonyl (C=O) groups excluding carboxylic acids is 1.